The van der Waals surface area contributed by atoms with E-state index in [0.717, 1.165) is 31.2 Å². The first kappa shape index (κ1) is 14.6. The number of nitrogens with one attached hydrogen (secondary N) is 1. The van der Waals surface area contributed by atoms with Crippen LogP contribution >= 0.6 is 0 Å². The van der Waals surface area contributed by atoms with Crippen LogP contribution in [0.5, 0.6) is 0 Å². The van der Waals surface area contributed by atoms with Gasteiger partial charge in [0.15, 0.2) is 0 Å². The van der Waals surface area contributed by atoms with Crippen molar-refractivity contribution < 1.29 is 9.90 Å². The van der Waals surface area contributed by atoms with Gasteiger partial charge in [-0.25, -0.2) is 0 Å². The molecule has 0 spiro atoms. The highest BCUT2D eigenvalue weighted by molar-refractivity contribution is 5.91. The van der Waals surface area contributed by atoms with Crippen LogP contribution in [0.25, 0.3) is 6.08 Å². The van der Waals surface area contributed by atoms with E-state index in [1.807, 2.05) is 12.1 Å². The smallest absolute Gasteiger partial charge is 0.244 e. The molecule has 0 bridgehead atoms. The fourth-order valence-corrected chi connectivity index (χ4v) is 2.53. The first-order valence-electron chi connectivity index (χ1n) is 7.11. The van der Waals surface area contributed by atoms with Crippen LogP contribution in [0.2, 0.25) is 0 Å². The average Bonchev–Trinajstić information content (AvgIpc) is 2.44. The van der Waals surface area contributed by atoms with Crippen LogP contribution in [-0.2, 0) is 4.79 Å². The largest absolute Gasteiger partial charge is 0.399 e. The van der Waals surface area contributed by atoms with Crippen LogP contribution in [0.3, 0.4) is 0 Å². The Morgan fingerprint density at radius 1 is 1.35 bits per heavy atom. The molecule has 108 valence electrons. The maximum Gasteiger partial charge on any atom is 0.244 e. The Labute approximate surface area is 119 Å². The van der Waals surface area contributed by atoms with E-state index in [0.29, 0.717) is 12.2 Å². The van der Waals surface area contributed by atoms with E-state index >= 15 is 0 Å². The van der Waals surface area contributed by atoms with Crippen molar-refractivity contribution in [3.05, 3.63) is 35.9 Å². The summed E-state index contributed by atoms with van der Waals surface area (Å²) in [6.45, 7) is 0.326. The number of carbonyl (C=O) groups is 1. The second-order valence-corrected chi connectivity index (χ2v) is 5.51. The minimum absolute atomic E-state index is 0.188. The van der Waals surface area contributed by atoms with Gasteiger partial charge in [0.1, 0.15) is 0 Å². The van der Waals surface area contributed by atoms with Crippen LogP contribution in [0.4, 0.5) is 5.69 Å². The van der Waals surface area contributed by atoms with Crippen molar-refractivity contribution in [3.8, 4) is 0 Å². The molecule has 1 aliphatic rings. The summed E-state index contributed by atoms with van der Waals surface area (Å²) in [5.41, 5.74) is 6.50. The molecule has 1 saturated carbocycles. The molecule has 0 radical (unpaired) electrons. The van der Waals surface area contributed by atoms with Gasteiger partial charge in [0.25, 0.3) is 0 Å². The Hall–Kier alpha value is -1.81. The quantitative estimate of drug-likeness (QED) is 0.581. The summed E-state index contributed by atoms with van der Waals surface area (Å²) < 4.78 is 0. The maximum absolute atomic E-state index is 11.7. The molecule has 0 atom stereocenters. The van der Waals surface area contributed by atoms with E-state index in [1.54, 1.807) is 18.2 Å². The summed E-state index contributed by atoms with van der Waals surface area (Å²) in [6, 6.07) is 7.33. The van der Waals surface area contributed by atoms with Crippen LogP contribution < -0.4 is 11.1 Å². The van der Waals surface area contributed by atoms with Gasteiger partial charge < -0.3 is 16.2 Å². The van der Waals surface area contributed by atoms with Gasteiger partial charge in [-0.2, -0.15) is 0 Å². The third-order valence-corrected chi connectivity index (χ3v) is 3.71. The number of nitrogens with two attached hydrogens (primary N) is 1. The molecule has 0 aromatic heterocycles. The van der Waals surface area contributed by atoms with Crippen molar-refractivity contribution in [1.29, 1.82) is 0 Å². The molecular formula is C16H22N2O2. The predicted molar refractivity (Wildman–Crippen MR) is 80.9 cm³/mol. The van der Waals surface area contributed by atoms with Crippen molar-refractivity contribution in [2.24, 2.45) is 0 Å². The Morgan fingerprint density at radius 3 is 2.80 bits per heavy atom. The summed E-state index contributed by atoms with van der Waals surface area (Å²) >= 11 is 0. The molecule has 20 heavy (non-hydrogen) atoms. The monoisotopic (exact) mass is 274 g/mol. The van der Waals surface area contributed by atoms with Crippen LogP contribution in [0.1, 0.15) is 37.7 Å². The molecule has 4 nitrogen and oxygen atoms in total. The lowest BCUT2D eigenvalue weighted by Crippen LogP contribution is -2.43. The lowest BCUT2D eigenvalue weighted by atomic mass is 9.85. The fourth-order valence-electron chi connectivity index (χ4n) is 2.53. The highest BCUT2D eigenvalue weighted by Gasteiger charge is 2.29. The van der Waals surface area contributed by atoms with Crippen molar-refractivity contribution in [2.75, 3.05) is 12.3 Å². The zero-order valence-corrected chi connectivity index (χ0v) is 11.6. The van der Waals surface area contributed by atoms with Crippen LogP contribution in [0.15, 0.2) is 30.3 Å². The Kier molecular flexibility index (Phi) is 4.79. The van der Waals surface area contributed by atoms with E-state index in [1.165, 1.54) is 12.5 Å². The standard InChI is InChI=1S/C16H22N2O2/c17-14-6-4-5-13(11-14)7-8-15(19)18-12-16(20)9-2-1-3-10-16/h4-8,11,20H,1-3,9-10,12,17H2,(H,18,19)/b8-7+. The number of benzene rings is 1. The lowest BCUT2D eigenvalue weighted by Gasteiger charge is -2.31. The third kappa shape index (κ3) is 4.38. The summed E-state index contributed by atoms with van der Waals surface area (Å²) in [5, 5.41) is 13.1. The Balaban J connectivity index is 1.83. The minimum atomic E-state index is -0.723. The fraction of sp³-hybridized carbons (Fsp3) is 0.438. The summed E-state index contributed by atoms with van der Waals surface area (Å²) in [5.74, 6) is -0.188. The van der Waals surface area contributed by atoms with Crippen molar-refractivity contribution in [3.63, 3.8) is 0 Å². The van der Waals surface area contributed by atoms with Crippen molar-refractivity contribution >= 4 is 17.7 Å². The molecule has 1 fully saturated rings. The van der Waals surface area contributed by atoms with E-state index in [9.17, 15) is 9.90 Å². The molecule has 0 heterocycles. The van der Waals surface area contributed by atoms with Gasteiger partial charge in [-0.1, -0.05) is 31.4 Å². The number of hydrogen-bond donors (Lipinski definition) is 3. The number of nitrogen functional groups attached to an aromatic ring is 1. The highest BCUT2D eigenvalue weighted by Crippen LogP contribution is 2.27. The number of anilines is 1. The molecule has 1 aromatic rings. The van der Waals surface area contributed by atoms with E-state index in [4.69, 9.17) is 5.73 Å². The number of hydrogen-bond acceptors (Lipinski definition) is 3. The van der Waals surface area contributed by atoms with Gasteiger partial charge in [-0.15, -0.1) is 0 Å². The first-order chi connectivity index (χ1) is 9.57. The van der Waals surface area contributed by atoms with Gasteiger partial charge in [0, 0.05) is 18.3 Å². The zero-order chi connectivity index (χ0) is 14.4. The summed E-state index contributed by atoms with van der Waals surface area (Å²) in [7, 11) is 0. The van der Waals surface area contributed by atoms with E-state index in [-0.39, 0.29) is 5.91 Å². The van der Waals surface area contributed by atoms with Crippen molar-refractivity contribution in [1.82, 2.24) is 5.32 Å². The van der Waals surface area contributed by atoms with E-state index in [2.05, 4.69) is 5.32 Å². The molecule has 4 heteroatoms. The Bertz CT molecular complexity index is 491. The highest BCUT2D eigenvalue weighted by atomic mass is 16.3. The lowest BCUT2D eigenvalue weighted by molar-refractivity contribution is -0.118. The third-order valence-electron chi connectivity index (χ3n) is 3.71. The molecule has 4 N–H and O–H groups in total. The molecule has 1 amide bonds. The van der Waals surface area contributed by atoms with Gasteiger partial charge in [0.05, 0.1) is 5.60 Å². The average molecular weight is 274 g/mol. The number of rotatable bonds is 4. The van der Waals surface area contributed by atoms with Gasteiger partial charge in [-0.3, -0.25) is 4.79 Å². The maximum atomic E-state index is 11.7. The first-order valence-corrected chi connectivity index (χ1v) is 7.11. The molecule has 2 rings (SSSR count). The molecule has 0 saturated heterocycles. The van der Waals surface area contributed by atoms with Crippen LogP contribution in [0, 0.1) is 0 Å². The molecule has 0 aliphatic heterocycles. The van der Waals surface area contributed by atoms with E-state index < -0.39 is 5.60 Å². The van der Waals surface area contributed by atoms with Gasteiger partial charge >= 0.3 is 0 Å². The molecule has 0 unspecified atom stereocenters. The topological polar surface area (TPSA) is 75.4 Å². The van der Waals surface area contributed by atoms with Crippen molar-refractivity contribution in [2.45, 2.75) is 37.7 Å². The Morgan fingerprint density at radius 2 is 2.10 bits per heavy atom. The molecular weight excluding hydrogens is 252 g/mol. The van der Waals surface area contributed by atoms with Crippen LogP contribution in [-0.4, -0.2) is 23.2 Å². The summed E-state index contributed by atoms with van der Waals surface area (Å²) in [4.78, 5) is 11.7. The zero-order valence-electron chi connectivity index (χ0n) is 11.6. The van der Waals surface area contributed by atoms with Gasteiger partial charge in [0.2, 0.25) is 5.91 Å². The SMILES string of the molecule is Nc1cccc(/C=C/C(=O)NCC2(O)CCCCC2)c1. The second-order valence-electron chi connectivity index (χ2n) is 5.51. The molecule has 1 aromatic carbocycles. The normalized spacial score (nSPS) is 18.1. The number of amides is 1. The second kappa shape index (κ2) is 6.57. The molecule has 1 aliphatic carbocycles. The number of carbonyl (C=O) groups excluding carboxylic acids is 1. The predicted octanol–water partition coefficient (Wildman–Crippen LogP) is 2.09. The van der Waals surface area contributed by atoms with Gasteiger partial charge in [-0.05, 0) is 36.6 Å². The number of aliphatic hydroxyl groups is 1. The minimum Gasteiger partial charge on any atom is -0.399 e. The summed E-state index contributed by atoms with van der Waals surface area (Å²) in [6.07, 6.45) is 7.97.